The van der Waals surface area contributed by atoms with Crippen molar-refractivity contribution in [1.29, 1.82) is 0 Å². The zero-order valence-electron chi connectivity index (χ0n) is 16.4. The summed E-state index contributed by atoms with van der Waals surface area (Å²) in [5.41, 5.74) is 1.70. The molecule has 1 aromatic heterocycles. The van der Waals surface area contributed by atoms with E-state index < -0.39 is 6.61 Å². The van der Waals surface area contributed by atoms with Crippen LogP contribution < -0.4 is 20.1 Å². The molecule has 0 saturated heterocycles. The van der Waals surface area contributed by atoms with Gasteiger partial charge in [-0.05, 0) is 43.5 Å². The lowest BCUT2D eigenvalue weighted by atomic mass is 10.2. The average molecular weight is 395 g/mol. The molecule has 0 aliphatic heterocycles. The predicted octanol–water partition coefficient (Wildman–Crippen LogP) is 2.72. The molecular weight excluding hydrogens is 368 g/mol. The molecule has 0 spiro atoms. The standard InChI is InChI=1S/C19H27F2N5O2/c1-4-22-19(23-9-5-6-14-11-25-26(2)13-14)24-12-15-10-16(27-3)7-8-17(15)28-18(20)21/h7-8,10-11,13,18H,4-6,9,12H2,1-3H3,(H2,22,23,24). The average Bonchev–Trinajstić information content (AvgIpc) is 3.08. The van der Waals surface area contributed by atoms with Crippen molar-refractivity contribution in [3.05, 3.63) is 41.7 Å². The molecule has 0 aliphatic rings. The second-order valence-corrected chi connectivity index (χ2v) is 6.10. The van der Waals surface area contributed by atoms with Crippen LogP contribution >= 0.6 is 0 Å². The second-order valence-electron chi connectivity index (χ2n) is 6.10. The van der Waals surface area contributed by atoms with E-state index in [-0.39, 0.29) is 12.3 Å². The van der Waals surface area contributed by atoms with Crippen molar-refractivity contribution in [3.63, 3.8) is 0 Å². The largest absolute Gasteiger partial charge is 0.497 e. The summed E-state index contributed by atoms with van der Waals surface area (Å²) >= 11 is 0. The summed E-state index contributed by atoms with van der Waals surface area (Å²) in [5.74, 6) is 1.26. The third kappa shape index (κ3) is 7.05. The van der Waals surface area contributed by atoms with Crippen molar-refractivity contribution in [1.82, 2.24) is 20.4 Å². The summed E-state index contributed by atoms with van der Waals surface area (Å²) in [6.45, 7) is 0.655. The van der Waals surface area contributed by atoms with Crippen LogP contribution in [0.5, 0.6) is 11.5 Å². The number of nitrogens with zero attached hydrogens (tertiary/aromatic N) is 3. The first-order valence-corrected chi connectivity index (χ1v) is 9.13. The molecule has 0 unspecified atom stereocenters. The molecule has 2 rings (SSSR count). The molecule has 0 radical (unpaired) electrons. The molecule has 28 heavy (non-hydrogen) atoms. The van der Waals surface area contributed by atoms with Crippen molar-refractivity contribution >= 4 is 5.96 Å². The Morgan fingerprint density at radius 3 is 2.79 bits per heavy atom. The molecule has 0 saturated carbocycles. The van der Waals surface area contributed by atoms with E-state index in [1.54, 1.807) is 16.8 Å². The van der Waals surface area contributed by atoms with Gasteiger partial charge in [0.1, 0.15) is 11.5 Å². The van der Waals surface area contributed by atoms with Gasteiger partial charge < -0.3 is 20.1 Å². The molecule has 0 bridgehead atoms. The number of nitrogens with one attached hydrogen (secondary N) is 2. The highest BCUT2D eigenvalue weighted by Gasteiger charge is 2.11. The van der Waals surface area contributed by atoms with Gasteiger partial charge in [0.2, 0.25) is 0 Å². The van der Waals surface area contributed by atoms with Crippen LogP contribution in [0.4, 0.5) is 8.78 Å². The van der Waals surface area contributed by atoms with Crippen LogP contribution in [0, 0.1) is 0 Å². The Kier molecular flexibility index (Phi) is 8.51. The predicted molar refractivity (Wildman–Crippen MR) is 104 cm³/mol. The summed E-state index contributed by atoms with van der Waals surface area (Å²) < 4.78 is 36.8. The highest BCUT2D eigenvalue weighted by Crippen LogP contribution is 2.26. The minimum Gasteiger partial charge on any atom is -0.497 e. The molecule has 1 aromatic carbocycles. The maximum absolute atomic E-state index is 12.6. The monoisotopic (exact) mass is 395 g/mol. The number of ether oxygens (including phenoxy) is 2. The Balaban J connectivity index is 1.96. The van der Waals surface area contributed by atoms with E-state index >= 15 is 0 Å². The maximum Gasteiger partial charge on any atom is 0.387 e. The Morgan fingerprint density at radius 2 is 2.14 bits per heavy atom. The minimum absolute atomic E-state index is 0.0898. The number of methoxy groups -OCH3 is 1. The molecule has 0 atom stereocenters. The van der Waals surface area contributed by atoms with E-state index in [0.29, 0.717) is 23.8 Å². The summed E-state index contributed by atoms with van der Waals surface area (Å²) in [4.78, 5) is 4.47. The summed E-state index contributed by atoms with van der Waals surface area (Å²) in [6, 6.07) is 4.68. The number of hydrogen-bond acceptors (Lipinski definition) is 4. The fraction of sp³-hybridized carbons (Fsp3) is 0.474. The van der Waals surface area contributed by atoms with Crippen molar-refractivity contribution < 1.29 is 18.3 Å². The molecular formula is C19H27F2N5O2. The first-order valence-electron chi connectivity index (χ1n) is 9.13. The Morgan fingerprint density at radius 1 is 1.32 bits per heavy atom. The van der Waals surface area contributed by atoms with Crippen molar-refractivity contribution in [2.45, 2.75) is 32.9 Å². The molecule has 2 N–H and O–H groups in total. The van der Waals surface area contributed by atoms with Crippen molar-refractivity contribution in [2.75, 3.05) is 20.2 Å². The van der Waals surface area contributed by atoms with Crippen LogP contribution in [-0.4, -0.2) is 42.6 Å². The Bertz CT molecular complexity index is 765. The fourth-order valence-electron chi connectivity index (χ4n) is 2.62. The van der Waals surface area contributed by atoms with Crippen LogP contribution in [0.25, 0.3) is 0 Å². The van der Waals surface area contributed by atoms with Gasteiger partial charge in [0.15, 0.2) is 5.96 Å². The number of hydrogen-bond donors (Lipinski definition) is 2. The number of aromatic nitrogens is 2. The van der Waals surface area contributed by atoms with Crippen LogP contribution in [0.2, 0.25) is 0 Å². The number of aryl methyl sites for hydroxylation is 2. The van der Waals surface area contributed by atoms with Crippen molar-refractivity contribution in [2.24, 2.45) is 12.0 Å². The van der Waals surface area contributed by atoms with E-state index in [0.717, 1.165) is 19.4 Å². The van der Waals surface area contributed by atoms with Gasteiger partial charge in [-0.25, -0.2) is 4.99 Å². The van der Waals surface area contributed by atoms with Crippen LogP contribution in [0.15, 0.2) is 35.6 Å². The number of halogens is 2. The first-order chi connectivity index (χ1) is 13.5. The number of alkyl halides is 2. The van der Waals surface area contributed by atoms with Gasteiger partial charge in [-0.2, -0.15) is 13.9 Å². The topological polar surface area (TPSA) is 72.7 Å². The summed E-state index contributed by atoms with van der Waals surface area (Å²) in [6.07, 6.45) is 5.66. The van der Waals surface area contributed by atoms with Gasteiger partial charge in [-0.3, -0.25) is 4.68 Å². The lowest BCUT2D eigenvalue weighted by Crippen LogP contribution is -2.37. The molecule has 154 valence electrons. The van der Waals surface area contributed by atoms with Gasteiger partial charge in [0, 0.05) is 31.9 Å². The van der Waals surface area contributed by atoms with Gasteiger partial charge in [-0.15, -0.1) is 0 Å². The molecule has 0 fully saturated rings. The third-order valence-corrected chi connectivity index (χ3v) is 3.93. The molecule has 0 amide bonds. The zero-order chi connectivity index (χ0) is 20.4. The first kappa shape index (κ1) is 21.5. The van der Waals surface area contributed by atoms with E-state index in [9.17, 15) is 8.78 Å². The summed E-state index contributed by atoms with van der Waals surface area (Å²) in [7, 11) is 3.41. The lowest BCUT2D eigenvalue weighted by Gasteiger charge is -2.13. The molecule has 0 aliphatic carbocycles. The number of guanidine groups is 1. The highest BCUT2D eigenvalue weighted by molar-refractivity contribution is 5.79. The zero-order valence-corrected chi connectivity index (χ0v) is 16.4. The van der Waals surface area contributed by atoms with Gasteiger partial charge in [0.05, 0.1) is 19.9 Å². The number of rotatable bonds is 10. The highest BCUT2D eigenvalue weighted by atomic mass is 19.3. The normalized spacial score (nSPS) is 11.6. The van der Waals surface area contributed by atoms with Crippen LogP contribution in [0.1, 0.15) is 24.5 Å². The number of benzene rings is 1. The molecule has 1 heterocycles. The fourth-order valence-corrected chi connectivity index (χ4v) is 2.62. The minimum atomic E-state index is -2.89. The summed E-state index contributed by atoms with van der Waals surface area (Å²) in [5, 5.41) is 10.5. The SMILES string of the molecule is CCNC(=NCc1cc(OC)ccc1OC(F)F)NCCCc1cnn(C)c1. The molecule has 2 aromatic rings. The molecule has 9 heteroatoms. The Labute approximate surface area is 163 Å². The molecule has 7 nitrogen and oxygen atoms in total. The smallest absolute Gasteiger partial charge is 0.387 e. The maximum atomic E-state index is 12.6. The third-order valence-electron chi connectivity index (χ3n) is 3.93. The van der Waals surface area contributed by atoms with Crippen LogP contribution in [-0.2, 0) is 20.0 Å². The quantitative estimate of drug-likeness (QED) is 0.368. The number of aliphatic imine (C=N–C) groups is 1. The van der Waals surface area contributed by atoms with Gasteiger partial charge >= 0.3 is 6.61 Å². The van der Waals surface area contributed by atoms with Gasteiger partial charge in [0.25, 0.3) is 0 Å². The second kappa shape index (κ2) is 11.1. The lowest BCUT2D eigenvalue weighted by molar-refractivity contribution is -0.0504. The van der Waals surface area contributed by atoms with E-state index in [4.69, 9.17) is 4.74 Å². The van der Waals surface area contributed by atoms with Gasteiger partial charge in [-0.1, -0.05) is 0 Å². The van der Waals surface area contributed by atoms with E-state index in [2.05, 4.69) is 25.5 Å². The van der Waals surface area contributed by atoms with E-state index in [1.165, 1.54) is 18.7 Å². The van der Waals surface area contributed by atoms with Crippen LogP contribution in [0.3, 0.4) is 0 Å². The van der Waals surface area contributed by atoms with Crippen molar-refractivity contribution in [3.8, 4) is 11.5 Å². The Hall–Kier alpha value is -2.84. The van der Waals surface area contributed by atoms with E-state index in [1.807, 2.05) is 26.4 Å².